The Morgan fingerprint density at radius 3 is 2.81 bits per heavy atom. The van der Waals surface area contributed by atoms with Crippen LogP contribution in [0.3, 0.4) is 0 Å². The van der Waals surface area contributed by atoms with Crippen LogP contribution in [-0.2, 0) is 16.6 Å². The highest BCUT2D eigenvalue weighted by molar-refractivity contribution is 7.89. The first-order valence-corrected chi connectivity index (χ1v) is 7.88. The van der Waals surface area contributed by atoms with Crippen LogP contribution in [0.1, 0.15) is 5.56 Å². The molecule has 2 aromatic rings. The summed E-state index contributed by atoms with van der Waals surface area (Å²) in [7, 11) is -2.22. The van der Waals surface area contributed by atoms with E-state index < -0.39 is 10.0 Å². The molecule has 0 saturated heterocycles. The Morgan fingerprint density at radius 1 is 1.38 bits per heavy atom. The molecular weight excluding hydrogens is 312 g/mol. The molecule has 2 rings (SSSR count). The fraction of sp³-hybridized carbons (Fsp3) is 0.154. The molecule has 0 saturated carbocycles. The number of benzene rings is 1. The van der Waals surface area contributed by atoms with Crippen LogP contribution in [0.5, 0.6) is 0 Å². The summed E-state index contributed by atoms with van der Waals surface area (Å²) in [4.78, 5) is 3.87. The van der Waals surface area contributed by atoms with Crippen molar-refractivity contribution in [2.45, 2.75) is 11.4 Å². The molecule has 0 aliphatic rings. The van der Waals surface area contributed by atoms with Gasteiger partial charge in [0.15, 0.2) is 0 Å². The van der Waals surface area contributed by atoms with Crippen LogP contribution in [0, 0.1) is 0 Å². The number of hydrazine groups is 1. The van der Waals surface area contributed by atoms with Crippen LogP contribution < -0.4 is 11.3 Å². The maximum absolute atomic E-state index is 12.6. The second-order valence-corrected chi connectivity index (χ2v) is 6.86. The van der Waals surface area contributed by atoms with Gasteiger partial charge in [-0.1, -0.05) is 23.7 Å². The molecule has 6 nitrogen and oxygen atoms in total. The van der Waals surface area contributed by atoms with E-state index in [4.69, 9.17) is 17.4 Å². The number of nitrogen functional groups attached to an aromatic ring is 1. The van der Waals surface area contributed by atoms with Crippen molar-refractivity contribution in [3.8, 4) is 0 Å². The van der Waals surface area contributed by atoms with E-state index in [0.29, 0.717) is 10.7 Å². The van der Waals surface area contributed by atoms with Crippen molar-refractivity contribution in [3.63, 3.8) is 0 Å². The molecule has 21 heavy (non-hydrogen) atoms. The smallest absolute Gasteiger partial charge is 0.246 e. The zero-order valence-corrected chi connectivity index (χ0v) is 12.9. The number of nitrogens with one attached hydrogen (secondary N) is 1. The summed E-state index contributed by atoms with van der Waals surface area (Å²) in [6.07, 6.45) is 2.73. The first-order valence-electron chi connectivity index (χ1n) is 6.06. The lowest BCUT2D eigenvalue weighted by molar-refractivity contribution is 0.466. The highest BCUT2D eigenvalue weighted by Crippen LogP contribution is 2.23. The van der Waals surface area contributed by atoms with E-state index in [2.05, 4.69) is 10.4 Å². The first-order chi connectivity index (χ1) is 9.95. The zero-order valence-electron chi connectivity index (χ0n) is 11.3. The van der Waals surface area contributed by atoms with Gasteiger partial charge in [0.05, 0.1) is 5.69 Å². The van der Waals surface area contributed by atoms with Crippen molar-refractivity contribution < 1.29 is 8.42 Å². The summed E-state index contributed by atoms with van der Waals surface area (Å²) in [6, 6.07) is 8.54. The Balaban J connectivity index is 2.31. The number of pyridine rings is 1. The van der Waals surface area contributed by atoms with E-state index in [-0.39, 0.29) is 11.4 Å². The van der Waals surface area contributed by atoms with E-state index in [1.54, 1.807) is 18.2 Å². The summed E-state index contributed by atoms with van der Waals surface area (Å²) in [6.45, 7) is 0.196. The Bertz CT molecular complexity index is 736. The fourth-order valence-electron chi connectivity index (χ4n) is 1.85. The van der Waals surface area contributed by atoms with Gasteiger partial charge in [-0.15, -0.1) is 0 Å². The zero-order chi connectivity index (χ0) is 15.5. The second kappa shape index (κ2) is 6.40. The number of nitrogens with zero attached hydrogens (tertiary/aromatic N) is 2. The number of rotatable bonds is 5. The molecule has 3 N–H and O–H groups in total. The van der Waals surface area contributed by atoms with Crippen molar-refractivity contribution in [3.05, 3.63) is 53.3 Å². The molecule has 8 heteroatoms. The number of hydrogen-bond donors (Lipinski definition) is 2. The Labute approximate surface area is 128 Å². The van der Waals surface area contributed by atoms with Crippen molar-refractivity contribution in [1.29, 1.82) is 0 Å². The molecule has 0 radical (unpaired) electrons. The fourth-order valence-corrected chi connectivity index (χ4v) is 3.32. The van der Waals surface area contributed by atoms with E-state index in [1.165, 1.54) is 29.8 Å². The summed E-state index contributed by atoms with van der Waals surface area (Å²) >= 11 is 5.90. The minimum Gasteiger partial charge on any atom is -0.323 e. The summed E-state index contributed by atoms with van der Waals surface area (Å²) < 4.78 is 26.3. The van der Waals surface area contributed by atoms with Crippen LogP contribution in [0.2, 0.25) is 5.02 Å². The molecule has 0 fully saturated rings. The quantitative estimate of drug-likeness (QED) is 0.646. The van der Waals surface area contributed by atoms with Crippen molar-refractivity contribution in [1.82, 2.24) is 9.29 Å². The van der Waals surface area contributed by atoms with Gasteiger partial charge in [-0.3, -0.25) is 10.8 Å². The molecule has 0 atom stereocenters. The maximum atomic E-state index is 12.6. The summed E-state index contributed by atoms with van der Waals surface area (Å²) in [5, 5.41) is 0.559. The van der Waals surface area contributed by atoms with Crippen LogP contribution in [0.4, 0.5) is 5.69 Å². The van der Waals surface area contributed by atoms with Crippen LogP contribution in [0.25, 0.3) is 0 Å². The second-order valence-electron chi connectivity index (χ2n) is 4.41. The molecule has 1 aromatic carbocycles. The van der Waals surface area contributed by atoms with Crippen LogP contribution in [0.15, 0.2) is 47.6 Å². The highest BCUT2D eigenvalue weighted by Gasteiger charge is 2.24. The molecule has 0 unspecified atom stereocenters. The number of nitrogens with two attached hydrogens (primary N) is 1. The topological polar surface area (TPSA) is 88.3 Å². The van der Waals surface area contributed by atoms with Gasteiger partial charge in [-0.2, -0.15) is 4.31 Å². The van der Waals surface area contributed by atoms with Gasteiger partial charge in [0.1, 0.15) is 4.90 Å². The summed E-state index contributed by atoms with van der Waals surface area (Å²) in [5.41, 5.74) is 3.45. The van der Waals surface area contributed by atoms with Gasteiger partial charge >= 0.3 is 0 Å². The molecule has 0 aliphatic heterocycles. The number of halogens is 1. The number of sulfonamides is 1. The van der Waals surface area contributed by atoms with Gasteiger partial charge in [0, 0.05) is 31.0 Å². The van der Waals surface area contributed by atoms with Gasteiger partial charge in [-0.05, 0) is 23.8 Å². The molecule has 0 bridgehead atoms. The predicted octanol–water partition coefficient (Wildman–Crippen LogP) is 1.84. The monoisotopic (exact) mass is 326 g/mol. The number of aromatic nitrogens is 1. The van der Waals surface area contributed by atoms with E-state index in [1.807, 2.05) is 6.07 Å². The SMILES string of the molecule is CN(Cc1cccc(Cl)c1)S(=O)(=O)c1cnccc1NN. The molecule has 0 spiro atoms. The van der Waals surface area contributed by atoms with Gasteiger partial charge in [0.25, 0.3) is 0 Å². The molecular formula is C13H15ClN4O2S. The van der Waals surface area contributed by atoms with Gasteiger partial charge < -0.3 is 5.43 Å². The Morgan fingerprint density at radius 2 is 2.14 bits per heavy atom. The van der Waals surface area contributed by atoms with E-state index in [0.717, 1.165) is 5.56 Å². The van der Waals surface area contributed by atoms with E-state index >= 15 is 0 Å². The number of anilines is 1. The average molecular weight is 327 g/mol. The minimum atomic E-state index is -3.71. The third-order valence-electron chi connectivity index (χ3n) is 2.92. The largest absolute Gasteiger partial charge is 0.323 e. The lowest BCUT2D eigenvalue weighted by atomic mass is 10.2. The Kier molecular flexibility index (Phi) is 4.79. The predicted molar refractivity (Wildman–Crippen MR) is 82.2 cm³/mol. The third kappa shape index (κ3) is 3.51. The molecule has 0 amide bonds. The molecule has 1 aromatic heterocycles. The van der Waals surface area contributed by atoms with Crippen LogP contribution in [-0.4, -0.2) is 24.8 Å². The van der Waals surface area contributed by atoms with Gasteiger partial charge in [-0.25, -0.2) is 8.42 Å². The number of hydrogen-bond acceptors (Lipinski definition) is 5. The minimum absolute atomic E-state index is 0.0250. The first kappa shape index (κ1) is 15.7. The molecule has 1 heterocycles. The Hall–Kier alpha value is -1.67. The van der Waals surface area contributed by atoms with Crippen molar-refractivity contribution >= 4 is 27.3 Å². The third-order valence-corrected chi connectivity index (χ3v) is 4.99. The standard InChI is InChI=1S/C13H15ClN4O2S/c1-18(9-10-3-2-4-11(14)7-10)21(19,20)13-8-16-6-5-12(13)17-15/h2-8H,9,15H2,1H3,(H,16,17). The lowest BCUT2D eigenvalue weighted by Gasteiger charge is -2.19. The van der Waals surface area contributed by atoms with E-state index in [9.17, 15) is 8.42 Å². The van der Waals surface area contributed by atoms with Crippen molar-refractivity contribution in [2.24, 2.45) is 5.84 Å². The summed E-state index contributed by atoms with van der Waals surface area (Å²) in [5.74, 6) is 5.34. The average Bonchev–Trinajstić information content (AvgIpc) is 2.47. The lowest BCUT2D eigenvalue weighted by Crippen LogP contribution is -2.28. The highest BCUT2D eigenvalue weighted by atomic mass is 35.5. The van der Waals surface area contributed by atoms with Crippen molar-refractivity contribution in [2.75, 3.05) is 12.5 Å². The molecule has 112 valence electrons. The molecule has 0 aliphatic carbocycles. The maximum Gasteiger partial charge on any atom is 0.246 e. The van der Waals surface area contributed by atoms with Crippen LogP contribution >= 0.6 is 11.6 Å². The normalized spacial score (nSPS) is 11.6. The van der Waals surface area contributed by atoms with Gasteiger partial charge in [0.2, 0.25) is 10.0 Å².